The molecule has 3 aromatic rings. The van der Waals surface area contributed by atoms with Gasteiger partial charge in [-0.05, 0) is 36.8 Å². The minimum Gasteiger partial charge on any atom is -0.467 e. The van der Waals surface area contributed by atoms with E-state index in [1.807, 2.05) is 37.4 Å². The fraction of sp³-hybridized carbons (Fsp3) is 0.250. The summed E-state index contributed by atoms with van der Waals surface area (Å²) in [7, 11) is 1.72. The van der Waals surface area contributed by atoms with Crippen molar-refractivity contribution in [3.05, 3.63) is 75.6 Å². The van der Waals surface area contributed by atoms with E-state index in [0.717, 1.165) is 16.3 Å². The van der Waals surface area contributed by atoms with Gasteiger partial charge in [-0.2, -0.15) is 0 Å². The van der Waals surface area contributed by atoms with Crippen LogP contribution in [0.5, 0.6) is 0 Å². The van der Waals surface area contributed by atoms with E-state index in [0.29, 0.717) is 31.2 Å². The number of guanidine groups is 1. The number of hydrogen-bond donors (Lipinski definition) is 3. The topological polar surface area (TPSA) is 91.5 Å². The zero-order chi connectivity index (χ0) is 19.8. The summed E-state index contributed by atoms with van der Waals surface area (Å²) in [5.74, 6) is 1.26. The third-order valence-corrected chi connectivity index (χ3v) is 4.86. The average Bonchev–Trinajstić information content (AvgIpc) is 3.38. The van der Waals surface area contributed by atoms with Crippen LogP contribution in [0.2, 0.25) is 0 Å². The summed E-state index contributed by atoms with van der Waals surface area (Å²) >= 11 is 1.66. The van der Waals surface area contributed by atoms with Crippen molar-refractivity contribution in [1.29, 1.82) is 0 Å². The summed E-state index contributed by atoms with van der Waals surface area (Å²) in [5, 5.41) is 10.4. The van der Waals surface area contributed by atoms with E-state index in [4.69, 9.17) is 4.42 Å². The molecule has 7 nitrogen and oxygen atoms in total. The molecule has 2 aromatic heterocycles. The van der Waals surface area contributed by atoms with Crippen molar-refractivity contribution in [3.63, 3.8) is 0 Å². The highest BCUT2D eigenvalue weighted by Crippen LogP contribution is 2.10. The lowest BCUT2D eigenvalue weighted by Crippen LogP contribution is -2.36. The Kier molecular flexibility index (Phi) is 9.13. The Bertz CT molecular complexity index is 940. The van der Waals surface area contributed by atoms with Crippen molar-refractivity contribution in [2.75, 3.05) is 7.05 Å². The molecule has 0 aliphatic heterocycles. The van der Waals surface area contributed by atoms with Gasteiger partial charge in [0, 0.05) is 30.2 Å². The van der Waals surface area contributed by atoms with E-state index in [9.17, 15) is 4.79 Å². The van der Waals surface area contributed by atoms with E-state index in [2.05, 4.69) is 25.9 Å². The molecule has 0 fully saturated rings. The number of carbonyl (C=O) groups is 1. The molecule has 0 saturated heterocycles. The number of aryl methyl sites for hydroxylation is 1. The van der Waals surface area contributed by atoms with Crippen LogP contribution in [0.15, 0.2) is 58.3 Å². The van der Waals surface area contributed by atoms with Gasteiger partial charge >= 0.3 is 0 Å². The molecule has 9 heteroatoms. The van der Waals surface area contributed by atoms with Gasteiger partial charge in [-0.3, -0.25) is 9.79 Å². The molecule has 0 unspecified atom stereocenters. The van der Waals surface area contributed by atoms with E-state index < -0.39 is 0 Å². The highest BCUT2D eigenvalue weighted by atomic mass is 127. The molecule has 0 atom stereocenters. The Labute approximate surface area is 191 Å². The molecular formula is C20H24IN5O2S. The van der Waals surface area contributed by atoms with Crippen LogP contribution in [-0.4, -0.2) is 23.9 Å². The number of rotatable bonds is 7. The maximum Gasteiger partial charge on any atom is 0.251 e. The highest BCUT2D eigenvalue weighted by molar-refractivity contribution is 14.0. The summed E-state index contributed by atoms with van der Waals surface area (Å²) < 4.78 is 5.23. The number of thiazole rings is 1. The quantitative estimate of drug-likeness (QED) is 0.250. The lowest BCUT2D eigenvalue weighted by atomic mass is 10.1. The second-order valence-corrected chi connectivity index (χ2v) is 7.43. The number of nitrogens with one attached hydrogen (secondary N) is 3. The number of nitrogens with zero attached hydrogens (tertiary/aromatic N) is 2. The standard InChI is InChI=1S/C20H23N5O2S.HI/c1-14-10-22-18(28-14)13-25-20(21-2)24-11-15-5-3-6-16(9-15)19(26)23-12-17-7-4-8-27-17;/h3-10H,11-13H2,1-2H3,(H,23,26)(H2,21,24,25);1H. The Morgan fingerprint density at radius 2 is 1.97 bits per heavy atom. The van der Waals surface area contributed by atoms with Gasteiger partial charge in [-0.1, -0.05) is 12.1 Å². The van der Waals surface area contributed by atoms with Crippen LogP contribution in [-0.2, 0) is 19.6 Å². The number of furan rings is 1. The SMILES string of the molecule is CN=C(NCc1cccc(C(=O)NCc2ccco2)c1)NCc1ncc(C)s1.I. The van der Waals surface area contributed by atoms with Crippen LogP contribution in [0.25, 0.3) is 0 Å². The first-order valence-corrected chi connectivity index (χ1v) is 9.71. The fourth-order valence-electron chi connectivity index (χ4n) is 2.55. The minimum atomic E-state index is -0.139. The molecule has 0 radical (unpaired) electrons. The number of halogens is 1. The minimum absolute atomic E-state index is 0. The molecule has 1 amide bonds. The monoisotopic (exact) mass is 525 g/mol. The summed E-state index contributed by atoms with van der Waals surface area (Å²) in [6, 6.07) is 11.1. The fourth-order valence-corrected chi connectivity index (χ4v) is 3.28. The van der Waals surface area contributed by atoms with Gasteiger partial charge in [-0.15, -0.1) is 35.3 Å². The largest absolute Gasteiger partial charge is 0.467 e. The van der Waals surface area contributed by atoms with Crippen LogP contribution < -0.4 is 16.0 Å². The van der Waals surface area contributed by atoms with Crippen molar-refractivity contribution < 1.29 is 9.21 Å². The molecule has 3 N–H and O–H groups in total. The molecule has 3 rings (SSSR count). The molecule has 29 heavy (non-hydrogen) atoms. The predicted molar refractivity (Wildman–Crippen MR) is 126 cm³/mol. The molecule has 0 saturated carbocycles. The normalized spacial score (nSPS) is 10.9. The maximum atomic E-state index is 12.3. The number of aromatic nitrogens is 1. The molecule has 154 valence electrons. The molecular weight excluding hydrogens is 501 g/mol. The van der Waals surface area contributed by atoms with Crippen molar-refractivity contribution in [1.82, 2.24) is 20.9 Å². The highest BCUT2D eigenvalue weighted by Gasteiger charge is 2.08. The molecule has 0 bridgehead atoms. The van der Waals surface area contributed by atoms with Crippen molar-refractivity contribution in [2.24, 2.45) is 4.99 Å². The Morgan fingerprint density at radius 3 is 2.66 bits per heavy atom. The van der Waals surface area contributed by atoms with Crippen LogP contribution >= 0.6 is 35.3 Å². The van der Waals surface area contributed by atoms with E-state index in [1.54, 1.807) is 36.8 Å². The van der Waals surface area contributed by atoms with Gasteiger partial charge in [-0.25, -0.2) is 4.98 Å². The first kappa shape index (κ1) is 22.9. The first-order chi connectivity index (χ1) is 13.6. The first-order valence-electron chi connectivity index (χ1n) is 8.89. The smallest absolute Gasteiger partial charge is 0.251 e. The Morgan fingerprint density at radius 1 is 1.14 bits per heavy atom. The van der Waals surface area contributed by atoms with Gasteiger partial charge in [0.2, 0.25) is 0 Å². The Hall–Kier alpha value is -2.40. The van der Waals surface area contributed by atoms with Crippen LogP contribution in [0.1, 0.15) is 31.6 Å². The summed E-state index contributed by atoms with van der Waals surface area (Å²) in [5.41, 5.74) is 1.59. The number of hydrogen-bond acceptors (Lipinski definition) is 5. The summed E-state index contributed by atoms with van der Waals surface area (Å²) in [4.78, 5) is 22.1. The van der Waals surface area contributed by atoms with E-state index >= 15 is 0 Å². The predicted octanol–water partition coefficient (Wildman–Crippen LogP) is 3.46. The molecule has 2 heterocycles. The summed E-state index contributed by atoms with van der Waals surface area (Å²) in [6.07, 6.45) is 3.45. The number of aliphatic imine (C=N–C) groups is 1. The Balaban J connectivity index is 0.00000300. The van der Waals surface area contributed by atoms with Crippen molar-refractivity contribution in [2.45, 2.75) is 26.6 Å². The lowest BCUT2D eigenvalue weighted by molar-refractivity contribution is 0.0948. The van der Waals surface area contributed by atoms with Gasteiger partial charge in [0.25, 0.3) is 5.91 Å². The number of carbonyl (C=O) groups excluding carboxylic acids is 1. The van der Waals surface area contributed by atoms with Crippen molar-refractivity contribution >= 4 is 47.2 Å². The third kappa shape index (κ3) is 7.17. The van der Waals surface area contributed by atoms with Crippen molar-refractivity contribution in [3.8, 4) is 0 Å². The lowest BCUT2D eigenvalue weighted by Gasteiger charge is -2.11. The van der Waals surface area contributed by atoms with E-state index in [1.165, 1.54) is 4.88 Å². The third-order valence-electron chi connectivity index (χ3n) is 3.95. The van der Waals surface area contributed by atoms with Crippen LogP contribution in [0.4, 0.5) is 0 Å². The van der Waals surface area contributed by atoms with Crippen LogP contribution in [0, 0.1) is 6.92 Å². The molecule has 1 aromatic carbocycles. The maximum absolute atomic E-state index is 12.3. The molecule has 0 spiro atoms. The van der Waals surface area contributed by atoms with E-state index in [-0.39, 0.29) is 29.9 Å². The van der Waals surface area contributed by atoms with Crippen LogP contribution in [0.3, 0.4) is 0 Å². The summed E-state index contributed by atoms with van der Waals surface area (Å²) in [6.45, 7) is 3.57. The van der Waals surface area contributed by atoms with Gasteiger partial charge in [0.1, 0.15) is 10.8 Å². The van der Waals surface area contributed by atoms with Gasteiger partial charge < -0.3 is 20.4 Å². The number of benzene rings is 1. The van der Waals surface area contributed by atoms with Gasteiger partial charge in [0.15, 0.2) is 5.96 Å². The average molecular weight is 525 g/mol. The van der Waals surface area contributed by atoms with Gasteiger partial charge in [0.05, 0.1) is 19.4 Å². The zero-order valence-electron chi connectivity index (χ0n) is 16.3. The molecule has 0 aliphatic carbocycles. The second kappa shape index (κ2) is 11.6. The zero-order valence-corrected chi connectivity index (χ0v) is 19.4. The molecule has 0 aliphatic rings. The second-order valence-electron chi connectivity index (χ2n) is 6.11. The number of amides is 1.